The van der Waals surface area contributed by atoms with E-state index in [4.69, 9.17) is 10.5 Å². The van der Waals surface area contributed by atoms with Gasteiger partial charge in [0.25, 0.3) is 0 Å². The summed E-state index contributed by atoms with van der Waals surface area (Å²) in [5, 5.41) is 11.9. The van der Waals surface area contributed by atoms with Crippen molar-refractivity contribution in [1.82, 2.24) is 20.2 Å². The van der Waals surface area contributed by atoms with Crippen molar-refractivity contribution in [2.45, 2.75) is 0 Å². The average molecular weight is 346 g/mol. The first-order valence-corrected chi connectivity index (χ1v) is 6.96. The van der Waals surface area contributed by atoms with Crippen LogP contribution in [-0.2, 0) is 0 Å². The molecule has 6 nitrogen and oxygen atoms in total. The Morgan fingerprint density at radius 3 is 2.62 bits per heavy atom. The van der Waals surface area contributed by atoms with Crippen LogP contribution in [0.1, 0.15) is 0 Å². The van der Waals surface area contributed by atoms with E-state index in [1.807, 2.05) is 42.5 Å². The summed E-state index contributed by atoms with van der Waals surface area (Å²) in [7, 11) is 1.63. The first kappa shape index (κ1) is 13.6. The molecule has 1 heterocycles. The molecular formula is C14H12BrN5O. The molecule has 0 saturated carbocycles. The van der Waals surface area contributed by atoms with E-state index in [0.717, 1.165) is 21.5 Å². The number of hydrogen-bond acceptors (Lipinski definition) is 5. The molecule has 0 spiro atoms. The number of ether oxygens (including phenoxy) is 1. The van der Waals surface area contributed by atoms with Gasteiger partial charge in [-0.2, -0.15) is 4.68 Å². The van der Waals surface area contributed by atoms with Gasteiger partial charge in [-0.1, -0.05) is 15.9 Å². The maximum absolute atomic E-state index is 5.85. The van der Waals surface area contributed by atoms with E-state index < -0.39 is 0 Å². The highest BCUT2D eigenvalue weighted by molar-refractivity contribution is 9.10. The number of nitrogens with zero attached hydrogens (tertiary/aromatic N) is 4. The molecule has 0 unspecified atom stereocenters. The summed E-state index contributed by atoms with van der Waals surface area (Å²) in [6, 6.07) is 13.0. The van der Waals surface area contributed by atoms with Crippen molar-refractivity contribution < 1.29 is 4.74 Å². The molecule has 2 aromatic carbocycles. The van der Waals surface area contributed by atoms with Gasteiger partial charge in [-0.05, 0) is 52.9 Å². The Kier molecular flexibility index (Phi) is 3.57. The van der Waals surface area contributed by atoms with E-state index in [9.17, 15) is 0 Å². The predicted octanol–water partition coefficient (Wildman–Crippen LogP) is 2.68. The van der Waals surface area contributed by atoms with Gasteiger partial charge in [0, 0.05) is 15.7 Å². The summed E-state index contributed by atoms with van der Waals surface area (Å²) < 4.78 is 7.68. The average Bonchev–Trinajstić information content (AvgIpc) is 2.99. The first-order chi connectivity index (χ1) is 10.2. The summed E-state index contributed by atoms with van der Waals surface area (Å²) in [5.41, 5.74) is 8.16. The molecule has 0 saturated heterocycles. The lowest BCUT2D eigenvalue weighted by Gasteiger charge is -2.08. The summed E-state index contributed by atoms with van der Waals surface area (Å²) in [5.74, 6) is 1.39. The van der Waals surface area contributed by atoms with Crippen LogP contribution in [0.2, 0.25) is 0 Å². The van der Waals surface area contributed by atoms with Crippen LogP contribution in [0.15, 0.2) is 46.9 Å². The lowest BCUT2D eigenvalue weighted by molar-refractivity contribution is 0.414. The fourth-order valence-corrected chi connectivity index (χ4v) is 2.39. The van der Waals surface area contributed by atoms with Crippen molar-refractivity contribution in [3.8, 4) is 22.8 Å². The zero-order valence-electron chi connectivity index (χ0n) is 11.2. The zero-order chi connectivity index (χ0) is 14.8. The molecular weight excluding hydrogens is 334 g/mol. The number of rotatable bonds is 3. The quantitative estimate of drug-likeness (QED) is 0.738. The molecule has 2 N–H and O–H groups in total. The first-order valence-electron chi connectivity index (χ1n) is 6.17. The standard InChI is InChI=1S/C14H12BrN5O/c1-21-11-5-3-10(4-6-11)20-14(17-18-19-20)12-8-9(16)2-7-13(12)15/h2-8H,16H2,1H3. The molecule has 0 aliphatic carbocycles. The third kappa shape index (κ3) is 2.59. The molecule has 0 bridgehead atoms. The second-order valence-corrected chi connectivity index (χ2v) is 5.21. The molecule has 3 aromatic rings. The van der Waals surface area contributed by atoms with Crippen LogP contribution >= 0.6 is 15.9 Å². The molecule has 106 valence electrons. The number of hydrogen-bond donors (Lipinski definition) is 1. The van der Waals surface area contributed by atoms with Crippen LogP contribution in [0.25, 0.3) is 17.1 Å². The van der Waals surface area contributed by atoms with Crippen LogP contribution in [0, 0.1) is 0 Å². The van der Waals surface area contributed by atoms with Crippen LogP contribution in [-0.4, -0.2) is 27.3 Å². The van der Waals surface area contributed by atoms with Gasteiger partial charge in [0.1, 0.15) is 5.75 Å². The highest BCUT2D eigenvalue weighted by Gasteiger charge is 2.14. The molecule has 0 atom stereocenters. The third-order valence-corrected chi connectivity index (χ3v) is 3.71. The minimum atomic E-state index is 0.611. The van der Waals surface area contributed by atoms with Gasteiger partial charge in [-0.3, -0.25) is 0 Å². The van der Waals surface area contributed by atoms with Crippen LogP contribution in [0.4, 0.5) is 5.69 Å². The van der Waals surface area contributed by atoms with E-state index >= 15 is 0 Å². The van der Waals surface area contributed by atoms with Crippen LogP contribution in [0.5, 0.6) is 5.75 Å². The van der Waals surface area contributed by atoms with Gasteiger partial charge in [-0.25, -0.2) is 0 Å². The number of tetrazole rings is 1. The summed E-state index contributed by atoms with van der Waals surface area (Å²) in [6.07, 6.45) is 0. The zero-order valence-corrected chi connectivity index (χ0v) is 12.8. The minimum absolute atomic E-state index is 0.611. The van der Waals surface area contributed by atoms with Gasteiger partial charge >= 0.3 is 0 Å². The highest BCUT2D eigenvalue weighted by Crippen LogP contribution is 2.29. The molecule has 21 heavy (non-hydrogen) atoms. The Bertz CT molecular complexity index is 769. The second-order valence-electron chi connectivity index (χ2n) is 4.35. The van der Waals surface area contributed by atoms with Gasteiger partial charge < -0.3 is 10.5 Å². The van der Waals surface area contributed by atoms with Gasteiger partial charge in [0.15, 0.2) is 5.82 Å². The maximum atomic E-state index is 5.85. The van der Waals surface area contributed by atoms with E-state index in [-0.39, 0.29) is 0 Å². The number of benzene rings is 2. The monoisotopic (exact) mass is 345 g/mol. The van der Waals surface area contributed by atoms with Gasteiger partial charge in [0.2, 0.25) is 0 Å². The highest BCUT2D eigenvalue weighted by atomic mass is 79.9. The van der Waals surface area contributed by atoms with E-state index in [0.29, 0.717) is 11.5 Å². The molecule has 3 rings (SSSR count). The molecule has 7 heteroatoms. The van der Waals surface area contributed by atoms with Crippen molar-refractivity contribution in [1.29, 1.82) is 0 Å². The molecule has 0 aliphatic rings. The lowest BCUT2D eigenvalue weighted by Crippen LogP contribution is -2.00. The van der Waals surface area contributed by atoms with Crippen molar-refractivity contribution in [3.05, 3.63) is 46.9 Å². The summed E-state index contributed by atoms with van der Waals surface area (Å²) in [6.45, 7) is 0. The fraction of sp³-hybridized carbons (Fsp3) is 0.0714. The number of methoxy groups -OCH3 is 1. The van der Waals surface area contributed by atoms with E-state index in [1.165, 1.54) is 0 Å². The number of aromatic nitrogens is 4. The van der Waals surface area contributed by atoms with E-state index in [2.05, 4.69) is 31.5 Å². The summed E-state index contributed by atoms with van der Waals surface area (Å²) in [4.78, 5) is 0. The fourth-order valence-electron chi connectivity index (χ4n) is 1.97. The molecule has 0 aliphatic heterocycles. The normalized spacial score (nSPS) is 10.6. The topological polar surface area (TPSA) is 78.8 Å². The molecule has 0 amide bonds. The minimum Gasteiger partial charge on any atom is -0.497 e. The number of anilines is 1. The Balaban J connectivity index is 2.10. The van der Waals surface area contributed by atoms with Crippen molar-refractivity contribution in [3.63, 3.8) is 0 Å². The van der Waals surface area contributed by atoms with Gasteiger partial charge in [-0.15, -0.1) is 5.10 Å². The molecule has 1 aromatic heterocycles. The lowest BCUT2D eigenvalue weighted by atomic mass is 10.2. The number of nitrogens with two attached hydrogens (primary N) is 1. The number of nitrogen functional groups attached to an aromatic ring is 1. The second kappa shape index (κ2) is 5.53. The Morgan fingerprint density at radius 1 is 1.14 bits per heavy atom. The van der Waals surface area contributed by atoms with Crippen LogP contribution in [0.3, 0.4) is 0 Å². The SMILES string of the molecule is COc1ccc(-n2nnnc2-c2cc(N)ccc2Br)cc1. The van der Waals surface area contributed by atoms with Crippen molar-refractivity contribution in [2.24, 2.45) is 0 Å². The Labute approximate surface area is 129 Å². The van der Waals surface area contributed by atoms with Crippen molar-refractivity contribution in [2.75, 3.05) is 12.8 Å². The molecule has 0 fully saturated rings. The Morgan fingerprint density at radius 2 is 1.90 bits per heavy atom. The van der Waals surface area contributed by atoms with Crippen LogP contribution < -0.4 is 10.5 Å². The molecule has 0 radical (unpaired) electrons. The Hall–Kier alpha value is -2.41. The third-order valence-electron chi connectivity index (χ3n) is 3.02. The maximum Gasteiger partial charge on any atom is 0.188 e. The summed E-state index contributed by atoms with van der Waals surface area (Å²) >= 11 is 3.50. The van der Waals surface area contributed by atoms with E-state index in [1.54, 1.807) is 11.8 Å². The smallest absolute Gasteiger partial charge is 0.188 e. The predicted molar refractivity (Wildman–Crippen MR) is 83.3 cm³/mol. The largest absolute Gasteiger partial charge is 0.497 e. The van der Waals surface area contributed by atoms with Gasteiger partial charge in [0.05, 0.1) is 12.8 Å². The van der Waals surface area contributed by atoms with Crippen molar-refractivity contribution >= 4 is 21.6 Å². The number of halogens is 1.